The molecule has 106 valence electrons. The van der Waals surface area contributed by atoms with Crippen molar-refractivity contribution in [2.75, 3.05) is 11.9 Å². The number of fused-ring (bicyclic) bond motifs is 1. The summed E-state index contributed by atoms with van der Waals surface area (Å²) in [5.74, 6) is 0.697. The van der Waals surface area contributed by atoms with Crippen LogP contribution in [-0.2, 0) is 0 Å². The van der Waals surface area contributed by atoms with Crippen LogP contribution in [0, 0.1) is 0 Å². The van der Waals surface area contributed by atoms with Gasteiger partial charge in [-0.15, -0.1) is 11.3 Å². The highest BCUT2D eigenvalue weighted by Gasteiger charge is 2.28. The van der Waals surface area contributed by atoms with Crippen molar-refractivity contribution in [1.82, 2.24) is 20.1 Å². The van der Waals surface area contributed by atoms with E-state index in [0.29, 0.717) is 5.56 Å². The molecule has 1 amide bonds. The minimum Gasteiger partial charge on any atom is -0.369 e. The van der Waals surface area contributed by atoms with Crippen LogP contribution in [0.1, 0.15) is 41.7 Å². The van der Waals surface area contributed by atoms with E-state index in [1.54, 1.807) is 23.7 Å². The molecule has 1 atom stereocenters. The Labute approximate surface area is 121 Å². The molecule has 2 aromatic heterocycles. The van der Waals surface area contributed by atoms with Gasteiger partial charge in [-0.25, -0.2) is 9.67 Å². The Hall–Kier alpha value is -1.89. The van der Waals surface area contributed by atoms with E-state index >= 15 is 0 Å². The van der Waals surface area contributed by atoms with Gasteiger partial charge >= 0.3 is 0 Å². The molecule has 0 spiro atoms. The molecule has 0 aromatic carbocycles. The number of hydrogen-bond donors (Lipinski definition) is 2. The lowest BCUT2D eigenvalue weighted by Crippen LogP contribution is -2.31. The lowest BCUT2D eigenvalue weighted by atomic mass is 10.1. The van der Waals surface area contributed by atoms with Crippen molar-refractivity contribution < 1.29 is 4.79 Å². The van der Waals surface area contributed by atoms with E-state index in [9.17, 15) is 4.79 Å². The van der Waals surface area contributed by atoms with Gasteiger partial charge in [0.05, 0.1) is 6.20 Å². The first-order chi connectivity index (χ1) is 9.66. The van der Waals surface area contributed by atoms with Crippen LogP contribution in [0.2, 0.25) is 0 Å². The number of anilines is 1. The molecule has 6 nitrogen and oxygen atoms in total. The first kappa shape index (κ1) is 13.1. The zero-order chi connectivity index (χ0) is 14.1. The van der Waals surface area contributed by atoms with Crippen LogP contribution in [0.5, 0.6) is 0 Å². The van der Waals surface area contributed by atoms with Crippen LogP contribution in [-0.4, -0.2) is 33.3 Å². The topological polar surface area (TPSA) is 71.8 Å². The van der Waals surface area contributed by atoms with E-state index < -0.39 is 0 Å². The second-order valence-corrected chi connectivity index (χ2v) is 6.01. The predicted octanol–water partition coefficient (Wildman–Crippen LogP) is 1.88. The molecule has 3 rings (SSSR count). The lowest BCUT2D eigenvalue weighted by Gasteiger charge is -2.24. The van der Waals surface area contributed by atoms with Gasteiger partial charge in [0, 0.05) is 24.2 Å². The Morgan fingerprint density at radius 1 is 1.60 bits per heavy atom. The fraction of sp³-hybridized carbons (Fsp3) is 0.462. The third-order valence-corrected chi connectivity index (χ3v) is 4.08. The second-order valence-electron chi connectivity index (χ2n) is 5.08. The highest BCUT2D eigenvalue weighted by molar-refractivity contribution is 7.09. The molecule has 0 fully saturated rings. The van der Waals surface area contributed by atoms with Gasteiger partial charge in [-0.2, -0.15) is 5.10 Å². The Morgan fingerprint density at radius 2 is 2.45 bits per heavy atom. The molecule has 0 saturated carbocycles. The fourth-order valence-corrected chi connectivity index (χ4v) is 3.12. The van der Waals surface area contributed by atoms with E-state index in [1.807, 2.05) is 23.9 Å². The smallest absolute Gasteiger partial charge is 0.256 e. The minimum absolute atomic E-state index is 0.0893. The van der Waals surface area contributed by atoms with Crippen LogP contribution in [0.15, 0.2) is 17.8 Å². The Balaban J connectivity index is 1.93. The summed E-state index contributed by atoms with van der Waals surface area (Å²) in [5.41, 5.74) is 0.597. The highest BCUT2D eigenvalue weighted by atomic mass is 32.1. The van der Waals surface area contributed by atoms with E-state index in [0.717, 1.165) is 23.8 Å². The van der Waals surface area contributed by atoms with Crippen molar-refractivity contribution in [3.8, 4) is 0 Å². The summed E-state index contributed by atoms with van der Waals surface area (Å²) in [6.07, 6.45) is 4.36. The van der Waals surface area contributed by atoms with Crippen molar-refractivity contribution in [2.45, 2.75) is 32.4 Å². The van der Waals surface area contributed by atoms with Gasteiger partial charge in [-0.1, -0.05) is 0 Å². The SMILES string of the molecule is CC(C)NC(=O)c1cnn2c1NCCC2c1nccs1. The highest BCUT2D eigenvalue weighted by Crippen LogP contribution is 2.32. The van der Waals surface area contributed by atoms with Gasteiger partial charge in [0.1, 0.15) is 22.4 Å². The van der Waals surface area contributed by atoms with E-state index in [4.69, 9.17) is 0 Å². The lowest BCUT2D eigenvalue weighted by molar-refractivity contribution is 0.0944. The summed E-state index contributed by atoms with van der Waals surface area (Å²) in [7, 11) is 0. The maximum absolute atomic E-state index is 12.2. The third kappa shape index (κ3) is 2.29. The molecule has 0 bridgehead atoms. The summed E-state index contributed by atoms with van der Waals surface area (Å²) < 4.78 is 1.87. The van der Waals surface area contributed by atoms with Crippen LogP contribution >= 0.6 is 11.3 Å². The van der Waals surface area contributed by atoms with Crippen molar-refractivity contribution in [1.29, 1.82) is 0 Å². The predicted molar refractivity (Wildman–Crippen MR) is 78.2 cm³/mol. The Morgan fingerprint density at radius 3 is 3.15 bits per heavy atom. The van der Waals surface area contributed by atoms with Gasteiger partial charge in [0.2, 0.25) is 0 Å². The van der Waals surface area contributed by atoms with Gasteiger partial charge in [-0.3, -0.25) is 4.79 Å². The Bertz CT molecular complexity index is 604. The maximum atomic E-state index is 12.2. The minimum atomic E-state index is -0.0893. The van der Waals surface area contributed by atoms with E-state index in [2.05, 4.69) is 20.7 Å². The van der Waals surface area contributed by atoms with Crippen LogP contribution < -0.4 is 10.6 Å². The van der Waals surface area contributed by atoms with Gasteiger partial charge in [0.15, 0.2) is 0 Å². The van der Waals surface area contributed by atoms with E-state index in [-0.39, 0.29) is 18.0 Å². The zero-order valence-corrected chi connectivity index (χ0v) is 12.3. The number of nitrogens with zero attached hydrogens (tertiary/aromatic N) is 3. The van der Waals surface area contributed by atoms with Crippen LogP contribution in [0.3, 0.4) is 0 Å². The number of amides is 1. The van der Waals surface area contributed by atoms with Gasteiger partial charge in [0.25, 0.3) is 5.91 Å². The molecule has 7 heteroatoms. The number of carbonyl (C=O) groups excluding carboxylic acids is 1. The normalized spacial score (nSPS) is 17.6. The molecule has 0 saturated heterocycles. The van der Waals surface area contributed by atoms with Crippen LogP contribution in [0.25, 0.3) is 0 Å². The summed E-state index contributed by atoms with van der Waals surface area (Å²) >= 11 is 1.62. The molecule has 2 aromatic rings. The quantitative estimate of drug-likeness (QED) is 0.906. The molecule has 3 heterocycles. The summed E-state index contributed by atoms with van der Waals surface area (Å²) in [5, 5.41) is 13.6. The fourth-order valence-electron chi connectivity index (χ4n) is 2.36. The summed E-state index contributed by atoms with van der Waals surface area (Å²) in [6, 6.07) is 0.225. The average Bonchev–Trinajstić information content (AvgIpc) is 3.07. The molecular formula is C13H17N5OS. The standard InChI is InChI=1S/C13H17N5OS/c1-8(2)17-12(19)9-7-16-18-10(3-4-14-11(9)18)13-15-5-6-20-13/h5-8,10,14H,3-4H2,1-2H3,(H,17,19). The van der Waals surface area contributed by atoms with E-state index in [1.165, 1.54) is 0 Å². The number of rotatable bonds is 3. The number of thiazole rings is 1. The molecule has 1 unspecified atom stereocenters. The molecule has 1 aliphatic rings. The van der Waals surface area contributed by atoms with Crippen molar-refractivity contribution in [3.05, 3.63) is 28.3 Å². The van der Waals surface area contributed by atoms with Crippen molar-refractivity contribution in [3.63, 3.8) is 0 Å². The first-order valence-electron chi connectivity index (χ1n) is 6.68. The summed E-state index contributed by atoms with van der Waals surface area (Å²) in [4.78, 5) is 16.5. The number of hydrogen-bond acceptors (Lipinski definition) is 5. The molecule has 2 N–H and O–H groups in total. The second kappa shape index (κ2) is 5.24. The molecular weight excluding hydrogens is 274 g/mol. The first-order valence-corrected chi connectivity index (χ1v) is 7.56. The monoisotopic (exact) mass is 291 g/mol. The molecule has 20 heavy (non-hydrogen) atoms. The van der Waals surface area contributed by atoms with Gasteiger partial charge < -0.3 is 10.6 Å². The molecule has 0 aliphatic carbocycles. The molecule has 1 aliphatic heterocycles. The van der Waals surface area contributed by atoms with Gasteiger partial charge in [-0.05, 0) is 20.3 Å². The number of nitrogens with one attached hydrogen (secondary N) is 2. The van der Waals surface area contributed by atoms with Crippen LogP contribution in [0.4, 0.5) is 5.82 Å². The average molecular weight is 291 g/mol. The molecule has 0 radical (unpaired) electrons. The van der Waals surface area contributed by atoms with Crippen molar-refractivity contribution >= 4 is 23.1 Å². The number of carbonyl (C=O) groups is 1. The largest absolute Gasteiger partial charge is 0.369 e. The Kier molecular flexibility index (Phi) is 3.43. The summed E-state index contributed by atoms with van der Waals surface area (Å²) in [6.45, 7) is 4.71. The zero-order valence-electron chi connectivity index (χ0n) is 11.5. The number of aromatic nitrogens is 3. The maximum Gasteiger partial charge on any atom is 0.256 e. The van der Waals surface area contributed by atoms with Crippen molar-refractivity contribution in [2.24, 2.45) is 0 Å². The third-order valence-electron chi connectivity index (χ3n) is 3.20.